The van der Waals surface area contributed by atoms with Gasteiger partial charge in [-0.3, -0.25) is 4.79 Å². The minimum atomic E-state index is -0.124. The lowest BCUT2D eigenvalue weighted by Crippen LogP contribution is -2.29. The molecule has 1 amide bonds. The molecule has 0 aliphatic rings. The fourth-order valence-corrected chi connectivity index (χ4v) is 3.30. The molecule has 0 unspecified atom stereocenters. The van der Waals surface area contributed by atoms with Gasteiger partial charge in [0.05, 0.1) is 19.4 Å². The molecule has 1 heterocycles. The summed E-state index contributed by atoms with van der Waals surface area (Å²) in [5.74, 6) is 2.00. The Morgan fingerprint density at radius 2 is 1.71 bits per heavy atom. The first-order valence-corrected chi connectivity index (χ1v) is 10.9. The zero-order valence-electron chi connectivity index (χ0n) is 18.2. The highest BCUT2D eigenvalue weighted by atomic mass is 32.2. The molecule has 1 aromatic heterocycles. The van der Waals surface area contributed by atoms with Crippen molar-refractivity contribution in [2.75, 3.05) is 26.0 Å². The second-order valence-electron chi connectivity index (χ2n) is 7.86. The molecular weight excluding hydrogens is 414 g/mol. The molecule has 0 radical (unpaired) electrons. The molecule has 7 nitrogen and oxygen atoms in total. The summed E-state index contributed by atoms with van der Waals surface area (Å²) in [5, 5.41) is 11.2. The van der Waals surface area contributed by atoms with E-state index in [0.29, 0.717) is 24.3 Å². The van der Waals surface area contributed by atoms with Crippen molar-refractivity contribution in [3.8, 4) is 23.0 Å². The third kappa shape index (κ3) is 6.75. The zero-order chi connectivity index (χ0) is 22.3. The fraction of sp³-hybridized carbons (Fsp3) is 0.348. The van der Waals surface area contributed by atoms with E-state index in [4.69, 9.17) is 13.9 Å². The highest BCUT2D eigenvalue weighted by molar-refractivity contribution is 7.99. The van der Waals surface area contributed by atoms with Crippen molar-refractivity contribution in [1.29, 1.82) is 0 Å². The van der Waals surface area contributed by atoms with Gasteiger partial charge in [-0.15, -0.1) is 10.2 Å². The van der Waals surface area contributed by atoms with Crippen LogP contribution in [0, 0.1) is 0 Å². The number of rotatable bonds is 9. The van der Waals surface area contributed by atoms with Gasteiger partial charge in [-0.25, -0.2) is 0 Å². The van der Waals surface area contributed by atoms with E-state index in [1.165, 1.54) is 17.3 Å². The van der Waals surface area contributed by atoms with E-state index in [0.717, 1.165) is 17.1 Å². The van der Waals surface area contributed by atoms with Crippen LogP contribution in [0.5, 0.6) is 11.5 Å². The van der Waals surface area contributed by atoms with Gasteiger partial charge in [0.1, 0.15) is 18.1 Å². The lowest BCUT2D eigenvalue weighted by atomic mass is 9.87. The largest absolute Gasteiger partial charge is 0.497 e. The molecule has 164 valence electrons. The number of carbonyl (C=O) groups is 1. The van der Waals surface area contributed by atoms with Gasteiger partial charge in [-0.05, 0) is 47.4 Å². The monoisotopic (exact) mass is 441 g/mol. The quantitative estimate of drug-likeness (QED) is 0.391. The Kier molecular flexibility index (Phi) is 7.57. The van der Waals surface area contributed by atoms with Gasteiger partial charge in [0, 0.05) is 5.56 Å². The normalized spacial score (nSPS) is 11.2. The highest BCUT2D eigenvalue weighted by Crippen LogP contribution is 2.25. The third-order valence-electron chi connectivity index (χ3n) is 4.48. The molecule has 1 N–H and O–H groups in total. The Hall–Kier alpha value is -3.00. The Morgan fingerprint density at radius 3 is 2.35 bits per heavy atom. The third-order valence-corrected chi connectivity index (χ3v) is 5.30. The summed E-state index contributed by atoms with van der Waals surface area (Å²) in [7, 11) is 1.61. The van der Waals surface area contributed by atoms with Gasteiger partial charge < -0.3 is 19.2 Å². The number of carbonyl (C=O) groups excluding carboxylic acids is 1. The lowest BCUT2D eigenvalue weighted by molar-refractivity contribution is -0.118. The van der Waals surface area contributed by atoms with Crippen LogP contribution in [-0.2, 0) is 10.2 Å². The predicted molar refractivity (Wildman–Crippen MR) is 121 cm³/mol. The van der Waals surface area contributed by atoms with Gasteiger partial charge in [-0.1, -0.05) is 44.7 Å². The molecule has 3 aromatic rings. The molecule has 0 saturated carbocycles. The minimum absolute atomic E-state index is 0.109. The first-order chi connectivity index (χ1) is 14.8. The maximum absolute atomic E-state index is 12.0. The number of ether oxygens (including phenoxy) is 2. The van der Waals surface area contributed by atoms with E-state index >= 15 is 0 Å². The Balaban J connectivity index is 1.37. The predicted octanol–water partition coefficient (Wildman–Crippen LogP) is 4.33. The number of nitrogens with one attached hydrogen (secondary N) is 1. The van der Waals surface area contributed by atoms with E-state index in [1.807, 2.05) is 36.4 Å². The average molecular weight is 442 g/mol. The van der Waals surface area contributed by atoms with Crippen molar-refractivity contribution in [2.24, 2.45) is 0 Å². The van der Waals surface area contributed by atoms with Crippen molar-refractivity contribution in [3.05, 3.63) is 54.1 Å². The summed E-state index contributed by atoms with van der Waals surface area (Å²) < 4.78 is 16.4. The number of hydrogen-bond donors (Lipinski definition) is 1. The van der Waals surface area contributed by atoms with Crippen LogP contribution >= 0.6 is 11.8 Å². The van der Waals surface area contributed by atoms with Crippen LogP contribution in [-0.4, -0.2) is 42.1 Å². The molecule has 2 aromatic carbocycles. The summed E-state index contributed by atoms with van der Waals surface area (Å²) in [6, 6.07) is 15.3. The van der Waals surface area contributed by atoms with Crippen molar-refractivity contribution >= 4 is 17.7 Å². The van der Waals surface area contributed by atoms with Gasteiger partial charge in [0.25, 0.3) is 5.22 Å². The summed E-state index contributed by atoms with van der Waals surface area (Å²) >= 11 is 1.19. The number of methoxy groups -OCH3 is 1. The smallest absolute Gasteiger partial charge is 0.277 e. The molecule has 0 fully saturated rings. The van der Waals surface area contributed by atoms with Crippen molar-refractivity contribution in [1.82, 2.24) is 15.5 Å². The molecule has 0 atom stereocenters. The van der Waals surface area contributed by atoms with Crippen LogP contribution in [0.3, 0.4) is 0 Å². The molecule has 0 spiro atoms. The molecular formula is C23H27N3O4S. The minimum Gasteiger partial charge on any atom is -0.497 e. The van der Waals surface area contributed by atoms with Crippen molar-refractivity contribution < 1.29 is 18.7 Å². The van der Waals surface area contributed by atoms with E-state index in [9.17, 15) is 4.79 Å². The van der Waals surface area contributed by atoms with Gasteiger partial charge >= 0.3 is 0 Å². The van der Waals surface area contributed by atoms with E-state index in [2.05, 4.69) is 48.4 Å². The number of benzene rings is 2. The van der Waals surface area contributed by atoms with Gasteiger partial charge in [0.2, 0.25) is 11.8 Å². The Labute approximate surface area is 186 Å². The number of amides is 1. The summed E-state index contributed by atoms with van der Waals surface area (Å²) in [4.78, 5) is 12.0. The molecule has 0 aliphatic heterocycles. The number of hydrogen-bond acceptors (Lipinski definition) is 7. The van der Waals surface area contributed by atoms with Crippen LogP contribution in [0.4, 0.5) is 0 Å². The number of thioether (sulfide) groups is 1. The zero-order valence-corrected chi connectivity index (χ0v) is 19.0. The Bertz CT molecular complexity index is 979. The maximum atomic E-state index is 12.0. The first-order valence-electron chi connectivity index (χ1n) is 9.96. The molecule has 0 aliphatic carbocycles. The maximum Gasteiger partial charge on any atom is 0.277 e. The summed E-state index contributed by atoms with van der Waals surface area (Å²) in [6.07, 6.45) is 0. The van der Waals surface area contributed by atoms with Crippen LogP contribution in [0.15, 0.2) is 58.2 Å². The van der Waals surface area contributed by atoms with E-state index in [-0.39, 0.29) is 17.1 Å². The summed E-state index contributed by atoms with van der Waals surface area (Å²) in [6.45, 7) is 7.33. The van der Waals surface area contributed by atoms with Crippen molar-refractivity contribution in [3.63, 3.8) is 0 Å². The molecule has 31 heavy (non-hydrogen) atoms. The number of nitrogens with zero attached hydrogens (tertiary/aromatic N) is 2. The van der Waals surface area contributed by atoms with E-state index in [1.54, 1.807) is 7.11 Å². The van der Waals surface area contributed by atoms with Crippen LogP contribution in [0.2, 0.25) is 0 Å². The van der Waals surface area contributed by atoms with E-state index < -0.39 is 0 Å². The van der Waals surface area contributed by atoms with Crippen LogP contribution < -0.4 is 14.8 Å². The lowest BCUT2D eigenvalue weighted by Gasteiger charge is -2.19. The van der Waals surface area contributed by atoms with Gasteiger partial charge in [0.15, 0.2) is 0 Å². The standard InChI is InChI=1S/C23H27N3O4S/c1-23(2,3)17-7-11-19(12-8-17)29-14-13-24-20(27)15-31-22-26-25-21(30-22)16-5-9-18(28-4)10-6-16/h5-12H,13-15H2,1-4H3,(H,24,27). The average Bonchev–Trinajstić information content (AvgIpc) is 3.24. The molecule has 0 saturated heterocycles. The van der Waals surface area contributed by atoms with Crippen molar-refractivity contribution in [2.45, 2.75) is 31.4 Å². The SMILES string of the molecule is COc1ccc(-c2nnc(SCC(=O)NCCOc3ccc(C(C)(C)C)cc3)o2)cc1. The topological polar surface area (TPSA) is 86.5 Å². The second-order valence-corrected chi connectivity index (χ2v) is 8.79. The van der Waals surface area contributed by atoms with Crippen LogP contribution in [0.25, 0.3) is 11.5 Å². The highest BCUT2D eigenvalue weighted by Gasteiger charge is 2.13. The second kappa shape index (κ2) is 10.3. The fourth-order valence-electron chi connectivity index (χ4n) is 2.71. The molecule has 3 rings (SSSR count). The number of aromatic nitrogens is 2. The van der Waals surface area contributed by atoms with Gasteiger partial charge in [-0.2, -0.15) is 0 Å². The molecule has 8 heteroatoms. The molecule has 0 bridgehead atoms. The summed E-state index contributed by atoms with van der Waals surface area (Å²) in [5.41, 5.74) is 2.15. The Morgan fingerprint density at radius 1 is 1.03 bits per heavy atom. The van der Waals surface area contributed by atoms with Crippen LogP contribution in [0.1, 0.15) is 26.3 Å². The first kappa shape index (κ1) is 22.7.